The largest absolute Gasteiger partial charge is 0.338 e. The minimum absolute atomic E-state index is 0. The number of hydrogen-bond donors (Lipinski definition) is 3. The van der Waals surface area contributed by atoms with E-state index >= 15 is 0 Å². The first-order chi connectivity index (χ1) is 17.8. The van der Waals surface area contributed by atoms with Crippen molar-refractivity contribution in [2.45, 2.75) is 121 Å². The zero-order valence-electron chi connectivity index (χ0n) is 23.0. The van der Waals surface area contributed by atoms with Gasteiger partial charge in [-0.25, -0.2) is 15.2 Å². The van der Waals surface area contributed by atoms with Gasteiger partial charge in [-0.2, -0.15) is 13.5 Å². The van der Waals surface area contributed by atoms with Gasteiger partial charge in [-0.1, -0.05) is 103 Å². The molecule has 1 heterocycles. The van der Waals surface area contributed by atoms with Crippen LogP contribution in [0.3, 0.4) is 0 Å². The number of amides is 2. The van der Waals surface area contributed by atoms with Gasteiger partial charge in [-0.15, -0.1) is 5.11 Å². The zero-order valence-corrected chi connectivity index (χ0v) is 26.7. The van der Waals surface area contributed by atoms with Crippen LogP contribution in [0.25, 0.3) is 0 Å². The van der Waals surface area contributed by atoms with Gasteiger partial charge in [-0.05, 0) is 43.3 Å². The number of hydrazine groups is 1. The number of anilines is 1. The predicted molar refractivity (Wildman–Crippen MR) is 157 cm³/mol. The van der Waals surface area contributed by atoms with E-state index in [2.05, 4.69) is 27.9 Å². The first-order valence-corrected chi connectivity index (χ1v) is 15.6. The molecule has 1 atom stereocenters. The number of benzene rings is 1. The molecule has 0 fully saturated rings. The van der Waals surface area contributed by atoms with Gasteiger partial charge < -0.3 is 5.32 Å². The fraction of sp³-hybridized carbons (Fsp3) is 0.692. The number of thiocarbonyl (C=S) groups is 1. The first kappa shape index (κ1) is 34.9. The van der Waals surface area contributed by atoms with E-state index in [1.165, 1.54) is 113 Å². The fourth-order valence-electron chi connectivity index (χ4n) is 4.35. The van der Waals surface area contributed by atoms with Crippen molar-refractivity contribution in [1.29, 1.82) is 0 Å². The third kappa shape index (κ3) is 14.3. The van der Waals surface area contributed by atoms with E-state index in [-0.39, 0.29) is 51.4 Å². The van der Waals surface area contributed by atoms with Crippen molar-refractivity contribution in [2.24, 2.45) is 10.2 Å². The van der Waals surface area contributed by atoms with Crippen molar-refractivity contribution >= 4 is 68.7 Å². The summed E-state index contributed by atoms with van der Waals surface area (Å²) >= 11 is 5.19. The van der Waals surface area contributed by atoms with E-state index in [4.69, 9.17) is 12.2 Å². The van der Waals surface area contributed by atoms with Crippen molar-refractivity contribution in [3.8, 4) is 0 Å². The van der Waals surface area contributed by atoms with Gasteiger partial charge in [0.25, 0.3) is 10.1 Å². The van der Waals surface area contributed by atoms with Gasteiger partial charge in [0.05, 0.1) is 4.90 Å². The van der Waals surface area contributed by atoms with Crippen molar-refractivity contribution in [3.05, 3.63) is 24.3 Å². The van der Waals surface area contributed by atoms with E-state index in [9.17, 15) is 17.8 Å². The van der Waals surface area contributed by atoms with Gasteiger partial charge >= 0.3 is 6.03 Å². The molecule has 3 N–H and O–H groups in total. The number of rotatable bonds is 19. The first-order valence-electron chi connectivity index (χ1n) is 13.7. The third-order valence-electron chi connectivity index (χ3n) is 6.46. The maximum atomic E-state index is 12.4. The van der Waals surface area contributed by atoms with Crippen LogP contribution in [0, 0.1) is 0 Å². The Morgan fingerprint density at radius 1 is 0.947 bits per heavy atom. The summed E-state index contributed by atoms with van der Waals surface area (Å²) in [7, 11) is -4.36. The van der Waals surface area contributed by atoms with E-state index in [1.807, 2.05) is 0 Å². The van der Waals surface area contributed by atoms with E-state index < -0.39 is 16.1 Å². The van der Waals surface area contributed by atoms with E-state index in [0.29, 0.717) is 0 Å². The quantitative estimate of drug-likeness (QED) is 0.0691. The minimum Gasteiger partial charge on any atom is -0.307 e. The summed E-state index contributed by atoms with van der Waals surface area (Å²) in [6.45, 7) is 2.26. The topological polar surface area (TPSA) is 123 Å². The van der Waals surface area contributed by atoms with Gasteiger partial charge in [0.15, 0.2) is 6.17 Å². The molecule has 9 nitrogen and oxygen atoms in total. The van der Waals surface area contributed by atoms with Crippen LogP contribution in [0.4, 0.5) is 10.5 Å². The van der Waals surface area contributed by atoms with Crippen LogP contribution in [0.2, 0.25) is 0 Å². The predicted octanol–water partition coefficient (Wildman–Crippen LogP) is 7.23. The number of carbonyl (C=O) groups is 1. The molecular weight excluding hydrogens is 533 g/mol. The van der Waals surface area contributed by atoms with Gasteiger partial charge in [0.2, 0.25) is 5.11 Å². The van der Waals surface area contributed by atoms with Crippen molar-refractivity contribution in [2.75, 3.05) is 5.32 Å². The van der Waals surface area contributed by atoms with Crippen LogP contribution in [0.1, 0.15) is 110 Å². The Hall–Kier alpha value is -1.11. The molecule has 0 saturated heterocycles. The Morgan fingerprint density at radius 3 is 2.00 bits per heavy atom. The van der Waals surface area contributed by atoms with Crippen molar-refractivity contribution in [1.82, 2.24) is 10.4 Å². The minimum atomic E-state index is -4.36. The number of unbranched alkanes of at least 4 members (excludes halogenated alkanes) is 14. The number of urea groups is 1. The summed E-state index contributed by atoms with van der Waals surface area (Å²) in [5.41, 5.74) is 2.84. The van der Waals surface area contributed by atoms with Crippen LogP contribution in [0.15, 0.2) is 39.4 Å². The molecule has 2 amide bonds. The Labute approximate surface area is 256 Å². The molecule has 1 unspecified atom stereocenters. The molecule has 1 aromatic rings. The molecule has 38 heavy (non-hydrogen) atoms. The van der Waals surface area contributed by atoms with E-state index in [0.717, 1.165) is 19.3 Å². The summed E-state index contributed by atoms with van der Waals surface area (Å²) in [6.07, 6.45) is 19.8. The Kier molecular flexibility index (Phi) is 18.3. The summed E-state index contributed by atoms with van der Waals surface area (Å²) in [4.78, 5) is 12.1. The molecular formula is C26H43N5NaO4S2. The van der Waals surface area contributed by atoms with Crippen LogP contribution >= 0.6 is 12.2 Å². The maximum Gasteiger partial charge on any atom is 0.338 e. The molecule has 1 aromatic carbocycles. The van der Waals surface area contributed by atoms with Gasteiger partial charge in [-0.3, -0.25) is 4.55 Å². The molecule has 1 aliphatic heterocycles. The molecule has 0 aliphatic carbocycles. The number of nitrogens with one attached hydrogen (secondary N) is 2. The maximum absolute atomic E-state index is 12.4. The Morgan fingerprint density at radius 2 is 1.47 bits per heavy atom. The Bertz CT molecular complexity index is 978. The molecule has 0 aromatic heterocycles. The molecule has 1 aliphatic rings. The molecule has 209 valence electrons. The smallest absolute Gasteiger partial charge is 0.307 e. The Balaban J connectivity index is 0.00000722. The molecule has 0 bridgehead atoms. The molecule has 0 saturated carbocycles. The number of hydrogen-bond acceptors (Lipinski definition) is 5. The zero-order chi connectivity index (χ0) is 26.9. The third-order valence-corrected chi connectivity index (χ3v) is 7.59. The van der Waals surface area contributed by atoms with Gasteiger partial charge in [0, 0.05) is 35.2 Å². The number of carbonyl (C=O) groups excluding carboxylic acids is 1. The monoisotopic (exact) mass is 576 g/mol. The second kappa shape index (κ2) is 19.9. The second-order valence-corrected chi connectivity index (χ2v) is 11.4. The normalized spacial score (nSPS) is 14.9. The SMILES string of the molecule is CCCCCCCCCCCCCCCCCC1N=NC(=S)N1NC(=O)Nc1cccc(S(=O)(=O)O)c1.[Na]. The number of azo groups is 1. The molecule has 12 heteroatoms. The van der Waals surface area contributed by atoms with Crippen molar-refractivity contribution in [3.63, 3.8) is 0 Å². The van der Waals surface area contributed by atoms with Gasteiger partial charge in [0.1, 0.15) is 0 Å². The average Bonchev–Trinajstić information content (AvgIpc) is 3.20. The van der Waals surface area contributed by atoms with Crippen LogP contribution in [0.5, 0.6) is 0 Å². The summed E-state index contributed by atoms with van der Waals surface area (Å²) < 4.78 is 31.8. The van der Waals surface area contributed by atoms with E-state index in [1.54, 1.807) is 0 Å². The standard InChI is InChI=1S/C26H43N5O4S2.Na/c1-2-3-4-5-6-7-8-9-10-11-12-13-14-15-16-20-24-28-29-26(36)31(24)30-25(32)27-22-18-17-19-23(21-22)37(33,34)35;/h17-19,21,24H,2-16,20H2,1H3,(H2,27,30,32)(H,33,34,35);. The molecule has 1 radical (unpaired) electrons. The van der Waals surface area contributed by atoms with Crippen LogP contribution < -0.4 is 10.7 Å². The fourth-order valence-corrected chi connectivity index (χ4v) is 5.09. The molecule has 0 spiro atoms. The number of nitrogens with zero attached hydrogens (tertiary/aromatic N) is 3. The van der Waals surface area contributed by atoms with Crippen LogP contribution in [-0.4, -0.2) is 64.8 Å². The average molecular weight is 577 g/mol. The molecule has 2 rings (SSSR count). The summed E-state index contributed by atoms with van der Waals surface area (Å²) in [5, 5.41) is 12.2. The summed E-state index contributed by atoms with van der Waals surface area (Å²) in [5.74, 6) is 0. The second-order valence-electron chi connectivity index (χ2n) is 9.66. The summed E-state index contributed by atoms with van der Waals surface area (Å²) in [6, 6.07) is 4.73. The van der Waals surface area contributed by atoms with Crippen molar-refractivity contribution < 1.29 is 17.8 Å². The van der Waals surface area contributed by atoms with Crippen LogP contribution in [-0.2, 0) is 10.1 Å².